The standard InChI is InChI=1S/C20H27N5O2/c1-26-17-6-5-15(11-18(17)27-2)13-23-20(21)24-14-16-7-8-22-19(12-16)25-9-3-4-10-25/h5-8,11-12H,3-4,9-10,13-14H2,1-2H3,(H3,21,23,24). The van der Waals surface area contributed by atoms with E-state index in [-0.39, 0.29) is 0 Å². The van der Waals surface area contributed by atoms with Crippen molar-refractivity contribution in [3.63, 3.8) is 0 Å². The Morgan fingerprint density at radius 2 is 1.89 bits per heavy atom. The third-order valence-electron chi connectivity index (χ3n) is 4.59. The average Bonchev–Trinajstić information content (AvgIpc) is 3.25. The summed E-state index contributed by atoms with van der Waals surface area (Å²) in [7, 11) is 3.23. The fraction of sp³-hybridized carbons (Fsp3) is 0.400. The summed E-state index contributed by atoms with van der Waals surface area (Å²) in [4.78, 5) is 11.2. The number of aliphatic imine (C=N–C) groups is 1. The van der Waals surface area contributed by atoms with Crippen molar-refractivity contribution in [2.75, 3.05) is 32.2 Å². The first-order chi connectivity index (χ1) is 13.2. The zero-order chi connectivity index (χ0) is 19.1. The van der Waals surface area contributed by atoms with Crippen LogP contribution in [-0.4, -0.2) is 38.3 Å². The SMILES string of the molecule is COc1ccc(CN=C(N)NCc2ccnc(N3CCCC3)c2)cc1OC. The maximum Gasteiger partial charge on any atom is 0.189 e. The van der Waals surface area contributed by atoms with Crippen molar-refractivity contribution in [3.05, 3.63) is 47.7 Å². The van der Waals surface area contributed by atoms with Crippen LogP contribution in [0.15, 0.2) is 41.5 Å². The molecule has 1 aromatic heterocycles. The minimum absolute atomic E-state index is 0.407. The summed E-state index contributed by atoms with van der Waals surface area (Å²) < 4.78 is 10.6. The topological polar surface area (TPSA) is 85.0 Å². The fourth-order valence-electron chi connectivity index (χ4n) is 3.09. The van der Waals surface area contributed by atoms with Crippen molar-refractivity contribution in [1.29, 1.82) is 0 Å². The van der Waals surface area contributed by atoms with Gasteiger partial charge in [-0.25, -0.2) is 9.98 Å². The molecule has 0 saturated carbocycles. The quantitative estimate of drug-likeness (QED) is 0.575. The Morgan fingerprint density at radius 1 is 1.11 bits per heavy atom. The number of hydrogen-bond donors (Lipinski definition) is 2. The monoisotopic (exact) mass is 369 g/mol. The second-order valence-electron chi connectivity index (χ2n) is 6.46. The number of nitrogens with two attached hydrogens (primary N) is 1. The number of methoxy groups -OCH3 is 2. The molecule has 1 aliphatic rings. The van der Waals surface area contributed by atoms with Crippen molar-refractivity contribution in [1.82, 2.24) is 10.3 Å². The van der Waals surface area contributed by atoms with E-state index in [0.29, 0.717) is 30.5 Å². The molecule has 7 heteroatoms. The van der Waals surface area contributed by atoms with Crippen LogP contribution in [0.4, 0.5) is 5.82 Å². The summed E-state index contributed by atoms with van der Waals surface area (Å²) in [5.41, 5.74) is 8.15. The van der Waals surface area contributed by atoms with Crippen LogP contribution in [0.2, 0.25) is 0 Å². The van der Waals surface area contributed by atoms with Crippen LogP contribution in [-0.2, 0) is 13.1 Å². The largest absolute Gasteiger partial charge is 0.493 e. The second kappa shape index (κ2) is 9.12. The molecule has 1 fully saturated rings. The van der Waals surface area contributed by atoms with E-state index in [2.05, 4.69) is 26.3 Å². The first-order valence-corrected chi connectivity index (χ1v) is 9.14. The highest BCUT2D eigenvalue weighted by molar-refractivity contribution is 5.77. The summed E-state index contributed by atoms with van der Waals surface area (Å²) in [5.74, 6) is 2.82. The van der Waals surface area contributed by atoms with Crippen LogP contribution in [0.3, 0.4) is 0 Å². The van der Waals surface area contributed by atoms with Crippen LogP contribution in [0.1, 0.15) is 24.0 Å². The van der Waals surface area contributed by atoms with Gasteiger partial charge in [-0.15, -0.1) is 0 Å². The van der Waals surface area contributed by atoms with Crippen molar-refractivity contribution < 1.29 is 9.47 Å². The van der Waals surface area contributed by atoms with E-state index in [1.54, 1.807) is 14.2 Å². The molecule has 1 aliphatic heterocycles. The van der Waals surface area contributed by atoms with Gasteiger partial charge in [-0.05, 0) is 48.2 Å². The maximum atomic E-state index is 6.01. The average molecular weight is 369 g/mol. The van der Waals surface area contributed by atoms with Gasteiger partial charge in [0.1, 0.15) is 5.82 Å². The molecule has 0 aliphatic carbocycles. The van der Waals surface area contributed by atoms with E-state index in [1.807, 2.05) is 30.5 Å². The third kappa shape index (κ3) is 5.03. The summed E-state index contributed by atoms with van der Waals surface area (Å²) in [6.07, 6.45) is 4.32. The van der Waals surface area contributed by atoms with Crippen LogP contribution < -0.4 is 25.4 Å². The zero-order valence-electron chi connectivity index (χ0n) is 15.9. The highest BCUT2D eigenvalue weighted by Gasteiger charge is 2.13. The number of pyridine rings is 1. The molecule has 0 radical (unpaired) electrons. The molecule has 7 nitrogen and oxygen atoms in total. The zero-order valence-corrected chi connectivity index (χ0v) is 15.9. The summed E-state index contributed by atoms with van der Waals surface area (Å²) in [6.45, 7) is 3.25. The lowest BCUT2D eigenvalue weighted by molar-refractivity contribution is 0.354. The first kappa shape index (κ1) is 18.8. The molecule has 0 unspecified atom stereocenters. The fourth-order valence-corrected chi connectivity index (χ4v) is 3.09. The Hall–Kier alpha value is -2.96. The predicted molar refractivity (Wildman–Crippen MR) is 107 cm³/mol. The number of guanidine groups is 1. The molecule has 3 rings (SSSR count). The molecule has 0 atom stereocenters. The van der Waals surface area contributed by atoms with E-state index >= 15 is 0 Å². The van der Waals surface area contributed by atoms with Gasteiger partial charge >= 0.3 is 0 Å². The molecule has 1 saturated heterocycles. The molecular formula is C20H27N5O2. The lowest BCUT2D eigenvalue weighted by Crippen LogP contribution is -2.31. The highest BCUT2D eigenvalue weighted by Crippen LogP contribution is 2.27. The van der Waals surface area contributed by atoms with Gasteiger partial charge in [-0.3, -0.25) is 0 Å². The molecule has 144 valence electrons. The number of hydrogen-bond acceptors (Lipinski definition) is 5. The van der Waals surface area contributed by atoms with E-state index < -0.39 is 0 Å². The number of nitrogens with one attached hydrogen (secondary N) is 1. The highest BCUT2D eigenvalue weighted by atomic mass is 16.5. The van der Waals surface area contributed by atoms with Crippen molar-refractivity contribution in [2.45, 2.75) is 25.9 Å². The van der Waals surface area contributed by atoms with Crippen LogP contribution in [0.5, 0.6) is 11.5 Å². The second-order valence-corrected chi connectivity index (χ2v) is 6.46. The number of aromatic nitrogens is 1. The normalized spacial score (nSPS) is 14.3. The summed E-state index contributed by atoms with van der Waals surface area (Å²) in [6, 6.07) is 9.82. The summed E-state index contributed by atoms with van der Waals surface area (Å²) in [5, 5.41) is 3.16. The minimum Gasteiger partial charge on any atom is -0.493 e. The predicted octanol–water partition coefficient (Wildman–Crippen LogP) is 2.30. The van der Waals surface area contributed by atoms with Crippen molar-refractivity contribution in [3.8, 4) is 11.5 Å². The molecule has 1 aromatic carbocycles. The lowest BCUT2D eigenvalue weighted by Gasteiger charge is -2.17. The van der Waals surface area contributed by atoms with Crippen LogP contribution in [0, 0.1) is 0 Å². The van der Waals surface area contributed by atoms with E-state index in [4.69, 9.17) is 15.2 Å². The molecule has 2 aromatic rings. The van der Waals surface area contributed by atoms with Gasteiger partial charge in [0.25, 0.3) is 0 Å². The van der Waals surface area contributed by atoms with Crippen LogP contribution in [0.25, 0.3) is 0 Å². The Bertz CT molecular complexity index is 788. The molecule has 0 amide bonds. The number of benzene rings is 1. The number of rotatable bonds is 7. The molecular weight excluding hydrogens is 342 g/mol. The molecule has 0 bridgehead atoms. The minimum atomic E-state index is 0.407. The van der Waals surface area contributed by atoms with Crippen LogP contribution >= 0.6 is 0 Å². The van der Waals surface area contributed by atoms with Gasteiger partial charge in [0, 0.05) is 25.8 Å². The van der Waals surface area contributed by atoms with Gasteiger partial charge in [-0.1, -0.05) is 6.07 Å². The summed E-state index contributed by atoms with van der Waals surface area (Å²) >= 11 is 0. The first-order valence-electron chi connectivity index (χ1n) is 9.14. The lowest BCUT2D eigenvalue weighted by atomic mass is 10.2. The number of anilines is 1. The van der Waals surface area contributed by atoms with Gasteiger partial charge in [-0.2, -0.15) is 0 Å². The van der Waals surface area contributed by atoms with Gasteiger partial charge in [0.05, 0.1) is 20.8 Å². The van der Waals surface area contributed by atoms with E-state index in [9.17, 15) is 0 Å². The smallest absolute Gasteiger partial charge is 0.189 e. The Kier molecular flexibility index (Phi) is 6.35. The van der Waals surface area contributed by atoms with Gasteiger partial charge in [0.2, 0.25) is 0 Å². The number of nitrogens with zero attached hydrogens (tertiary/aromatic N) is 3. The molecule has 0 spiro atoms. The third-order valence-corrected chi connectivity index (χ3v) is 4.59. The Labute approximate surface area is 160 Å². The molecule has 27 heavy (non-hydrogen) atoms. The Balaban J connectivity index is 1.56. The molecule has 2 heterocycles. The van der Waals surface area contributed by atoms with Crippen molar-refractivity contribution >= 4 is 11.8 Å². The number of ether oxygens (including phenoxy) is 2. The van der Waals surface area contributed by atoms with E-state index in [0.717, 1.165) is 30.0 Å². The maximum absolute atomic E-state index is 6.01. The van der Waals surface area contributed by atoms with Gasteiger partial charge in [0.15, 0.2) is 17.5 Å². The van der Waals surface area contributed by atoms with Gasteiger partial charge < -0.3 is 25.4 Å². The molecule has 3 N–H and O–H groups in total. The van der Waals surface area contributed by atoms with Crippen molar-refractivity contribution in [2.24, 2.45) is 10.7 Å². The Morgan fingerprint density at radius 3 is 2.63 bits per heavy atom. The van der Waals surface area contributed by atoms with E-state index in [1.165, 1.54) is 12.8 Å².